The molecule has 0 radical (unpaired) electrons. The summed E-state index contributed by atoms with van der Waals surface area (Å²) in [4.78, 5) is 26.7. The molecule has 7 nitrogen and oxygen atoms in total. The van der Waals surface area contributed by atoms with Crippen molar-refractivity contribution in [2.75, 3.05) is 14.2 Å². The summed E-state index contributed by atoms with van der Waals surface area (Å²) in [7, 11) is -2.01. The first-order valence-corrected chi connectivity index (χ1v) is 18.6. The molecule has 0 aliphatic rings. The molecule has 48 heavy (non-hydrogen) atoms. The molecule has 0 fully saturated rings. The van der Waals surface area contributed by atoms with Crippen molar-refractivity contribution in [1.82, 2.24) is 4.90 Å². The van der Waals surface area contributed by atoms with E-state index in [1.54, 1.807) is 0 Å². The Morgan fingerprint density at radius 1 is 0.688 bits per heavy atom. The molecule has 2 N–H and O–H groups in total. The molecule has 0 aliphatic heterocycles. The van der Waals surface area contributed by atoms with Crippen LogP contribution in [0.15, 0.2) is 121 Å². The fourth-order valence-electron chi connectivity index (χ4n) is 7.70. The number of hydrogen-bond donors (Lipinski definition) is 2. The summed E-state index contributed by atoms with van der Waals surface area (Å²) < 4.78 is 19.5. The van der Waals surface area contributed by atoms with Gasteiger partial charge in [-0.1, -0.05) is 0 Å². The van der Waals surface area contributed by atoms with Crippen LogP contribution in [0.1, 0.15) is 75.4 Å². The van der Waals surface area contributed by atoms with E-state index in [0.29, 0.717) is 12.8 Å². The van der Waals surface area contributed by atoms with Gasteiger partial charge < -0.3 is 0 Å². The van der Waals surface area contributed by atoms with Crippen LogP contribution in [0, 0.1) is 11.3 Å². The first-order chi connectivity index (χ1) is 23.0. The van der Waals surface area contributed by atoms with Gasteiger partial charge in [0.15, 0.2) is 0 Å². The molecule has 0 spiro atoms. The maximum absolute atomic E-state index is 12.3. The number of benzene rings is 4. The van der Waals surface area contributed by atoms with Gasteiger partial charge in [0.1, 0.15) is 0 Å². The van der Waals surface area contributed by atoms with Gasteiger partial charge in [-0.3, -0.25) is 0 Å². The molecular formula is C40H51N2O5P. The average molecular weight is 671 g/mol. The molecule has 0 saturated carbocycles. The molecule has 4 aromatic rings. The summed E-state index contributed by atoms with van der Waals surface area (Å²) in [6.07, 6.45) is 1.10. The molecule has 8 heteroatoms. The van der Waals surface area contributed by atoms with E-state index in [1.807, 2.05) is 161 Å². The molecule has 256 valence electrons. The van der Waals surface area contributed by atoms with Gasteiger partial charge in [0, 0.05) is 0 Å². The van der Waals surface area contributed by atoms with Crippen molar-refractivity contribution < 1.29 is 23.8 Å². The van der Waals surface area contributed by atoms with Crippen molar-refractivity contribution >= 4 is 7.94 Å². The van der Waals surface area contributed by atoms with Crippen LogP contribution in [0.2, 0.25) is 0 Å². The van der Waals surface area contributed by atoms with Crippen LogP contribution in [0.4, 0.5) is 0 Å². The summed E-state index contributed by atoms with van der Waals surface area (Å²) in [5.74, 6) is -2.35. The van der Waals surface area contributed by atoms with Crippen LogP contribution >= 0.6 is 7.94 Å². The average Bonchev–Trinajstić information content (AvgIpc) is 3.10. The molecule has 0 heterocycles. The summed E-state index contributed by atoms with van der Waals surface area (Å²) in [6, 6.07) is 41.0. The van der Waals surface area contributed by atoms with E-state index in [0.717, 1.165) is 22.3 Å². The van der Waals surface area contributed by atoms with Gasteiger partial charge >= 0.3 is 288 Å². The predicted molar refractivity (Wildman–Crippen MR) is 194 cm³/mol. The number of rotatable bonds is 16. The van der Waals surface area contributed by atoms with E-state index in [9.17, 15) is 15.0 Å². The van der Waals surface area contributed by atoms with Crippen molar-refractivity contribution in [3.8, 4) is 6.07 Å². The van der Waals surface area contributed by atoms with E-state index >= 15 is 0 Å². The van der Waals surface area contributed by atoms with Crippen LogP contribution < -0.4 is 0 Å². The quantitative estimate of drug-likeness (QED) is 0.0703. The van der Waals surface area contributed by atoms with Gasteiger partial charge in [-0.2, -0.15) is 0 Å². The fourth-order valence-corrected chi connectivity index (χ4v) is 9.85. The Bertz CT molecular complexity index is 1490. The monoisotopic (exact) mass is 670 g/mol. The van der Waals surface area contributed by atoms with Crippen LogP contribution in [0.25, 0.3) is 0 Å². The first kappa shape index (κ1) is 37.4. The second-order valence-corrected chi connectivity index (χ2v) is 15.0. The number of nitrogens with zero attached hydrogens (tertiary/aromatic N) is 2. The predicted octanol–water partition coefficient (Wildman–Crippen LogP) is 8.39. The van der Waals surface area contributed by atoms with E-state index in [-0.39, 0.29) is 12.1 Å². The number of ether oxygens (including phenoxy) is 2. The van der Waals surface area contributed by atoms with E-state index in [1.165, 1.54) is 14.2 Å². The van der Waals surface area contributed by atoms with Gasteiger partial charge in [-0.15, -0.1) is 0 Å². The molecule has 0 aliphatic carbocycles. The van der Waals surface area contributed by atoms with Crippen LogP contribution in [-0.2, 0) is 19.4 Å². The standard InChI is InChI=1S/C40H51N2O5P/c1-8-21-37(33-22-13-9-14-23-33)48(43,44)47-40(45-6,46-7)38(30-41,42(31(2)3)32(4)5)39(34-24-15-10-16-25-34,35-26-17-11-18-27-35)36-28-19-12-20-29-36/h9-20,22-29,31-32,37,43-44,48H,8,21H2,1-7H3. The maximum atomic E-state index is 12.3. The molecule has 0 bridgehead atoms. The Morgan fingerprint density at radius 2 is 1.06 bits per heavy atom. The molecular weight excluding hydrogens is 619 g/mol. The zero-order valence-electron chi connectivity index (χ0n) is 29.2. The minimum atomic E-state index is -4.82. The van der Waals surface area contributed by atoms with Crippen molar-refractivity contribution in [1.29, 1.82) is 5.26 Å². The van der Waals surface area contributed by atoms with Gasteiger partial charge in [0.25, 0.3) is 0 Å². The Kier molecular flexibility index (Phi) is 12.3. The zero-order valence-corrected chi connectivity index (χ0v) is 30.2. The molecule has 4 rings (SSSR count). The van der Waals surface area contributed by atoms with Crippen LogP contribution in [0.5, 0.6) is 0 Å². The SMILES string of the molecule is CCCC(c1ccccc1)[PH](O)(O)OC(OC)(OC)C(C#N)(N(C(C)C)C(C)C)C(c1ccccc1)(c1ccccc1)c1ccccc1. The zero-order chi connectivity index (χ0) is 35.0. The van der Waals surface area contributed by atoms with E-state index in [2.05, 4.69) is 6.07 Å². The summed E-state index contributed by atoms with van der Waals surface area (Å²) in [6.45, 7) is 10.0. The van der Waals surface area contributed by atoms with E-state index in [4.69, 9.17) is 14.0 Å². The van der Waals surface area contributed by atoms with Crippen molar-refractivity contribution in [3.63, 3.8) is 0 Å². The number of methoxy groups -OCH3 is 2. The summed E-state index contributed by atoms with van der Waals surface area (Å²) >= 11 is 0. The number of hydrogen-bond acceptors (Lipinski definition) is 7. The van der Waals surface area contributed by atoms with Crippen molar-refractivity contribution in [2.24, 2.45) is 0 Å². The second-order valence-electron chi connectivity index (χ2n) is 12.7. The van der Waals surface area contributed by atoms with Crippen molar-refractivity contribution in [2.45, 2.75) is 82.1 Å². The van der Waals surface area contributed by atoms with E-state index < -0.39 is 30.5 Å². The molecule has 2 atom stereocenters. The summed E-state index contributed by atoms with van der Waals surface area (Å²) in [5.41, 5.74) is -1.05. The Morgan fingerprint density at radius 3 is 1.38 bits per heavy atom. The Balaban J connectivity index is 2.26. The van der Waals surface area contributed by atoms with Crippen LogP contribution in [0.3, 0.4) is 0 Å². The van der Waals surface area contributed by atoms with Crippen molar-refractivity contribution in [3.05, 3.63) is 144 Å². The molecule has 4 aromatic carbocycles. The molecule has 0 saturated heterocycles. The minimum absolute atomic E-state index is 0.276. The number of nitriles is 1. The topological polar surface area (TPSA) is 95.2 Å². The third kappa shape index (κ3) is 6.47. The molecule has 0 amide bonds. The van der Waals surface area contributed by atoms with Crippen LogP contribution in [-0.4, -0.2) is 52.5 Å². The Hall–Kier alpha value is -3.44. The Labute approximate surface area is 287 Å². The first-order valence-electron chi connectivity index (χ1n) is 16.7. The third-order valence-electron chi connectivity index (χ3n) is 9.32. The fraction of sp³-hybridized carbons (Fsp3) is 0.375. The van der Waals surface area contributed by atoms with Gasteiger partial charge in [-0.25, -0.2) is 0 Å². The second kappa shape index (κ2) is 15.8. The molecule has 2 unspecified atom stereocenters. The molecule has 0 aromatic heterocycles. The van der Waals surface area contributed by atoms with Gasteiger partial charge in [-0.05, 0) is 0 Å². The normalized spacial score (nSPS) is 14.9. The van der Waals surface area contributed by atoms with Gasteiger partial charge in [0.2, 0.25) is 0 Å². The third-order valence-corrected chi connectivity index (χ3v) is 11.4. The van der Waals surface area contributed by atoms with Gasteiger partial charge in [0.05, 0.1) is 0 Å². The summed E-state index contributed by atoms with van der Waals surface area (Å²) in [5, 5.41) is 12.1.